The molecule has 4 bridgehead atoms. The van der Waals surface area contributed by atoms with Gasteiger partial charge in [-0.05, 0) is 142 Å². The first-order valence-electron chi connectivity index (χ1n) is 33.2. The van der Waals surface area contributed by atoms with E-state index in [0.717, 1.165) is 0 Å². The molecular formula is C76H80N8O16. The molecule has 4 aromatic rings. The average Bonchev–Trinajstić information content (AvgIpc) is 1.20. The van der Waals surface area contributed by atoms with Gasteiger partial charge in [-0.15, -0.1) is 0 Å². The van der Waals surface area contributed by atoms with Crippen molar-refractivity contribution in [3.63, 3.8) is 0 Å². The maximum absolute atomic E-state index is 14.6. The minimum absolute atomic E-state index is 0.0148. The van der Waals surface area contributed by atoms with E-state index < -0.39 is 94.8 Å². The Morgan fingerprint density at radius 1 is 0.400 bits per heavy atom. The summed E-state index contributed by atoms with van der Waals surface area (Å²) in [5, 5.41) is 22.1. The lowest BCUT2D eigenvalue weighted by Gasteiger charge is -2.21. The third-order valence-electron chi connectivity index (χ3n) is 18.3. The van der Waals surface area contributed by atoms with Crippen molar-refractivity contribution in [3.05, 3.63) is 179 Å². The highest BCUT2D eigenvalue weighted by atomic mass is 16.5. The topological polar surface area (TPSA) is 360 Å². The normalized spacial score (nSPS) is 28.6. The highest BCUT2D eigenvalue weighted by Gasteiger charge is 2.52. The Hall–Kier alpha value is -11.4. The van der Waals surface area contributed by atoms with Crippen molar-refractivity contribution in [2.45, 2.75) is 57.8 Å². The Morgan fingerprint density at radius 2 is 0.750 bits per heavy atom. The summed E-state index contributed by atoms with van der Waals surface area (Å²) in [6.07, 6.45) is 19.9. The number of carbonyl (C=O) groups excluding carboxylic acids is 8. The standard InChI is InChI=1S/C76H80N8O16/c1-93-59-29-15-30-60(94-2)63(59)41-17-9-21-51(77)65-53(79)23-11-19-42(64-61(95-3)31-16-32-62(64)96-4)20-12-24-54(80)66(52(78)22-10-18-41)68-56-26-14-28-58(68)84-72(88)46-40-50(46)76(92)100-36-8-7-35-99-75(91)49-39-45(49)71(87)83-57-27-13-25-55(67(57)65)81-69(85)43-37-47(43)73(89)97-33-5-6-34-98-74(90)48-38-44(48)70(86)82-56/h9-19,21-32,43-50,77H,5-8,20,33-40,78-80H2,1-4H3,(H,81,85)(H,82,86)(H,83,87)(H,84,88)/b18-10+,21-9-,23-11-,24-12-,41-17-,42-19-,52-22-,65-53+,66-54+,77-51?. The van der Waals surface area contributed by atoms with Gasteiger partial charge in [-0.2, -0.15) is 0 Å². The van der Waals surface area contributed by atoms with Crippen LogP contribution in [0.5, 0.6) is 23.0 Å². The van der Waals surface area contributed by atoms with Crippen LogP contribution in [0.25, 0.3) is 22.3 Å². The smallest absolute Gasteiger partial charge is 0.309 e. The fourth-order valence-corrected chi connectivity index (χ4v) is 12.6. The number of methoxy groups -OCH3 is 4. The molecule has 8 atom stereocenters. The highest BCUT2D eigenvalue weighted by molar-refractivity contribution is 6.32. The van der Waals surface area contributed by atoms with Crippen molar-refractivity contribution < 1.29 is 76.3 Å². The van der Waals surface area contributed by atoms with Gasteiger partial charge in [0.2, 0.25) is 23.6 Å². The largest absolute Gasteiger partial charge is 0.496 e. The molecule has 4 heterocycles. The fraction of sp³-hybridized carbons (Fsp3) is 0.329. The molecule has 520 valence electrons. The highest BCUT2D eigenvalue weighted by Crippen LogP contribution is 2.47. The number of esters is 4. The van der Waals surface area contributed by atoms with E-state index in [9.17, 15) is 43.8 Å². The number of allylic oxidation sites excluding steroid dienone is 15. The summed E-state index contributed by atoms with van der Waals surface area (Å²) >= 11 is 0. The Balaban J connectivity index is 1.16. The molecule has 8 unspecified atom stereocenters. The molecule has 100 heavy (non-hydrogen) atoms. The van der Waals surface area contributed by atoms with Crippen LogP contribution in [0.4, 0.5) is 22.7 Å². The van der Waals surface area contributed by atoms with Crippen molar-refractivity contribution >= 4 is 98.3 Å². The van der Waals surface area contributed by atoms with Gasteiger partial charge in [0, 0.05) is 39.4 Å². The van der Waals surface area contributed by atoms with Crippen LogP contribution >= 0.6 is 0 Å². The van der Waals surface area contributed by atoms with Crippen molar-refractivity contribution in [3.8, 4) is 23.0 Å². The Morgan fingerprint density at radius 3 is 1.15 bits per heavy atom. The molecule has 11 N–H and O–H groups in total. The number of hydrogen-bond donors (Lipinski definition) is 8. The van der Waals surface area contributed by atoms with Crippen LogP contribution in [0.2, 0.25) is 0 Å². The van der Waals surface area contributed by atoms with Gasteiger partial charge in [0.15, 0.2) is 0 Å². The van der Waals surface area contributed by atoms with Gasteiger partial charge in [-0.1, -0.05) is 66.8 Å². The third-order valence-corrected chi connectivity index (χ3v) is 18.3. The zero-order valence-corrected chi connectivity index (χ0v) is 55.9. The second kappa shape index (κ2) is 31.4. The molecule has 0 saturated heterocycles. The predicted molar refractivity (Wildman–Crippen MR) is 375 cm³/mol. The number of anilines is 4. The maximum Gasteiger partial charge on any atom is 0.309 e. The molecule has 24 nitrogen and oxygen atoms in total. The molecule has 13 rings (SSSR count). The summed E-state index contributed by atoms with van der Waals surface area (Å²) < 4.78 is 46.2. The number of carbonyl (C=O) groups is 8. The number of nitrogens with two attached hydrogens (primary N) is 3. The van der Waals surface area contributed by atoms with Crippen LogP contribution in [0.15, 0.2) is 157 Å². The summed E-state index contributed by atoms with van der Waals surface area (Å²) in [7, 11) is 6.01. The van der Waals surface area contributed by atoms with Gasteiger partial charge >= 0.3 is 23.9 Å². The Kier molecular flexibility index (Phi) is 22.0. The van der Waals surface area contributed by atoms with Crippen molar-refractivity contribution in [1.82, 2.24) is 0 Å². The molecule has 0 radical (unpaired) electrons. The Bertz CT molecular complexity index is 4090. The number of amides is 4. The van der Waals surface area contributed by atoms with Gasteiger partial charge in [0.05, 0.1) is 142 Å². The predicted octanol–water partition coefficient (Wildman–Crippen LogP) is 9.48. The minimum Gasteiger partial charge on any atom is -0.496 e. The second-order valence-electron chi connectivity index (χ2n) is 25.1. The van der Waals surface area contributed by atoms with E-state index in [2.05, 4.69) is 21.3 Å². The first kappa shape index (κ1) is 69.9. The van der Waals surface area contributed by atoms with Gasteiger partial charge in [0.25, 0.3) is 0 Å². The lowest BCUT2D eigenvalue weighted by molar-refractivity contribution is -0.148. The van der Waals surface area contributed by atoms with Crippen molar-refractivity contribution in [1.29, 1.82) is 5.41 Å². The SMILES string of the molecule is COc1cccc(OC)c1C1=C\C=C/C(=N)/C2=C(N)/C=C\C=C(/c3c(OC)cccc3OC)C/C=C\C(N)=C(\C(N)=C\C=C\1)c1c3cccc1NC(=O)C1CC1C(=O)OCCCCOC(=O)C1CC1C(=O)Nc1cccc(c12)NC(=O)C1CC1C(=O)OCCCCOC(=O)C1CC1C(=O)N3. The van der Waals surface area contributed by atoms with Crippen molar-refractivity contribution in [2.24, 2.45) is 64.5 Å². The molecule has 4 saturated carbocycles. The molecular weight excluding hydrogens is 1280 g/mol. The first-order valence-corrected chi connectivity index (χ1v) is 33.2. The van der Waals surface area contributed by atoms with Gasteiger partial charge in [0.1, 0.15) is 23.0 Å². The summed E-state index contributed by atoms with van der Waals surface area (Å²) in [4.78, 5) is 112. The quantitative estimate of drug-likeness (QED) is 0.0657. The summed E-state index contributed by atoms with van der Waals surface area (Å²) in [6.45, 7) is -0.136. The molecule has 0 spiro atoms. The van der Waals surface area contributed by atoms with E-state index in [1.165, 1.54) is 34.5 Å². The van der Waals surface area contributed by atoms with E-state index in [1.807, 2.05) is 0 Å². The maximum atomic E-state index is 14.6. The number of benzene rings is 4. The minimum atomic E-state index is -0.839. The zero-order valence-electron chi connectivity index (χ0n) is 55.9. The summed E-state index contributed by atoms with van der Waals surface area (Å²) in [5.41, 5.74) is 24.7. The average molecular weight is 1360 g/mol. The molecule has 0 aromatic heterocycles. The third kappa shape index (κ3) is 16.1. The van der Waals surface area contributed by atoms with Gasteiger partial charge in [-0.25, -0.2) is 0 Å². The molecule has 5 aliphatic carbocycles. The summed E-state index contributed by atoms with van der Waals surface area (Å²) in [6, 6.07) is 20.1. The van der Waals surface area contributed by atoms with Crippen molar-refractivity contribution in [2.75, 3.05) is 76.1 Å². The molecule has 24 heteroatoms. The van der Waals surface area contributed by atoms with Crippen LogP contribution in [0, 0.1) is 52.8 Å². The van der Waals surface area contributed by atoms with Crippen LogP contribution in [0.1, 0.15) is 80.0 Å². The molecule has 4 fully saturated rings. The fourth-order valence-electron chi connectivity index (χ4n) is 12.6. The van der Waals surface area contributed by atoms with Crippen LogP contribution in [-0.2, 0) is 57.3 Å². The monoisotopic (exact) mass is 1360 g/mol. The second-order valence-corrected chi connectivity index (χ2v) is 25.1. The van der Waals surface area contributed by atoms with E-state index >= 15 is 0 Å². The number of hydrogen-bond acceptors (Lipinski definition) is 20. The molecule has 4 aliphatic heterocycles. The van der Waals surface area contributed by atoms with E-state index in [4.69, 9.17) is 55.1 Å². The van der Waals surface area contributed by atoms with Crippen LogP contribution in [-0.4, -0.2) is 108 Å². The number of fused-ring (bicyclic) bond motifs is 18. The van der Waals surface area contributed by atoms with E-state index in [-0.39, 0.29) is 126 Å². The van der Waals surface area contributed by atoms with Crippen LogP contribution in [0.3, 0.4) is 0 Å². The number of rotatable bonds is 6. The number of ether oxygens (including phenoxy) is 8. The van der Waals surface area contributed by atoms with Crippen LogP contribution < -0.4 is 57.4 Å². The Labute approximate surface area is 577 Å². The van der Waals surface area contributed by atoms with E-state index in [0.29, 0.717) is 71.0 Å². The number of nitrogens with one attached hydrogen (secondary N) is 5. The lowest BCUT2D eigenvalue weighted by atomic mass is 9.93. The molecule has 9 aliphatic rings. The van der Waals surface area contributed by atoms with Gasteiger partial charge < -0.3 is 81.8 Å². The first-order chi connectivity index (χ1) is 48.4. The zero-order chi connectivity index (χ0) is 70.7. The molecule has 4 aromatic carbocycles. The summed E-state index contributed by atoms with van der Waals surface area (Å²) in [5.74, 6) is -9.53. The lowest BCUT2D eigenvalue weighted by Crippen LogP contribution is -2.22. The van der Waals surface area contributed by atoms with E-state index in [1.54, 1.807) is 134 Å². The van der Waals surface area contributed by atoms with Gasteiger partial charge in [-0.3, -0.25) is 38.4 Å². The molecule has 4 amide bonds.